The quantitative estimate of drug-likeness (QED) is 0.674. The monoisotopic (exact) mass is 225 g/mol. The first-order valence-electron chi connectivity index (χ1n) is 5.12. The summed E-state index contributed by atoms with van der Waals surface area (Å²) < 4.78 is 6.00. The van der Waals surface area contributed by atoms with Crippen LogP contribution >= 0.6 is 11.6 Å². The van der Waals surface area contributed by atoms with Crippen molar-refractivity contribution in [2.24, 2.45) is 0 Å². The van der Waals surface area contributed by atoms with Gasteiger partial charge >= 0.3 is 0 Å². The zero-order valence-corrected chi connectivity index (χ0v) is 10.6. The summed E-state index contributed by atoms with van der Waals surface area (Å²) in [6.07, 6.45) is 1.81. The van der Waals surface area contributed by atoms with E-state index in [9.17, 15) is 0 Å². The van der Waals surface area contributed by atoms with E-state index in [1.807, 2.05) is 40.8 Å². The highest BCUT2D eigenvalue weighted by Gasteiger charge is 2.45. The van der Waals surface area contributed by atoms with E-state index in [0.717, 1.165) is 21.8 Å². The van der Waals surface area contributed by atoms with E-state index in [1.54, 1.807) is 0 Å². The third kappa shape index (κ3) is 1.47. The van der Waals surface area contributed by atoms with E-state index in [1.165, 1.54) is 0 Å². The molecule has 2 heterocycles. The molecule has 1 aliphatic heterocycles. The summed E-state index contributed by atoms with van der Waals surface area (Å²) in [4.78, 5) is 4.46. The zero-order valence-electron chi connectivity index (χ0n) is 9.81. The molecule has 0 atom stereocenters. The van der Waals surface area contributed by atoms with Crippen LogP contribution in [0.2, 0.25) is 5.02 Å². The van der Waals surface area contributed by atoms with Crippen LogP contribution in [-0.4, -0.2) is 4.98 Å². The van der Waals surface area contributed by atoms with Crippen molar-refractivity contribution in [2.75, 3.05) is 0 Å². The molecule has 1 aromatic heterocycles. The lowest BCUT2D eigenvalue weighted by Crippen LogP contribution is -2.22. The summed E-state index contributed by atoms with van der Waals surface area (Å²) in [5.74, 6) is 0. The zero-order chi connectivity index (χ0) is 11.4. The fourth-order valence-corrected chi connectivity index (χ4v) is 2.69. The van der Waals surface area contributed by atoms with E-state index < -0.39 is 0 Å². The second-order valence-corrected chi connectivity index (χ2v) is 5.48. The van der Waals surface area contributed by atoms with Crippen LogP contribution in [0, 0.1) is 6.92 Å². The minimum Gasteiger partial charge on any atom is -0.359 e. The van der Waals surface area contributed by atoms with Crippen LogP contribution in [0.5, 0.6) is 0 Å². The van der Waals surface area contributed by atoms with Crippen molar-refractivity contribution >= 4 is 11.6 Å². The first kappa shape index (κ1) is 10.9. The number of pyridine rings is 1. The lowest BCUT2D eigenvalue weighted by Gasteiger charge is -2.24. The number of ether oxygens (including phenoxy) is 1. The van der Waals surface area contributed by atoms with Gasteiger partial charge < -0.3 is 4.74 Å². The molecule has 0 fully saturated rings. The number of nitrogens with zero attached hydrogens (tertiary/aromatic N) is 1. The van der Waals surface area contributed by atoms with Crippen LogP contribution < -0.4 is 0 Å². The molecule has 0 bridgehead atoms. The molecule has 0 radical (unpaired) electrons. The Labute approximate surface area is 95.6 Å². The van der Waals surface area contributed by atoms with Gasteiger partial charge in [0.2, 0.25) is 0 Å². The minimum absolute atomic E-state index is 0.351. The largest absolute Gasteiger partial charge is 0.359 e. The number of hydrogen-bond acceptors (Lipinski definition) is 2. The topological polar surface area (TPSA) is 22.1 Å². The van der Waals surface area contributed by atoms with Crippen LogP contribution in [0.4, 0.5) is 0 Å². The maximum absolute atomic E-state index is 6.33. The van der Waals surface area contributed by atoms with Crippen molar-refractivity contribution < 1.29 is 4.74 Å². The number of hydrogen-bond donors (Lipinski definition) is 0. The molecule has 0 spiro atoms. The smallest absolute Gasteiger partial charge is 0.106 e. The van der Waals surface area contributed by atoms with Crippen LogP contribution in [-0.2, 0) is 15.9 Å². The molecule has 2 rings (SSSR count). The fraction of sp³-hybridized carbons (Fsp3) is 0.583. The van der Waals surface area contributed by atoms with Gasteiger partial charge in [0.05, 0.1) is 16.3 Å². The fourth-order valence-electron chi connectivity index (χ4n) is 2.33. The summed E-state index contributed by atoms with van der Waals surface area (Å²) in [7, 11) is 0. The Morgan fingerprint density at radius 1 is 1.20 bits per heavy atom. The predicted octanol–water partition coefficient (Wildman–Crippen LogP) is 3.54. The van der Waals surface area contributed by atoms with E-state index in [-0.39, 0.29) is 11.2 Å². The van der Waals surface area contributed by atoms with Crippen LogP contribution in [0.25, 0.3) is 0 Å². The van der Waals surface area contributed by atoms with Crippen molar-refractivity contribution in [1.29, 1.82) is 0 Å². The number of fused-ring (bicyclic) bond motifs is 1. The SMILES string of the molecule is Cc1cnc2c(c1Cl)C(C)(C)OC2(C)C. The molecule has 1 aromatic rings. The van der Waals surface area contributed by atoms with Gasteiger partial charge in [-0.2, -0.15) is 0 Å². The van der Waals surface area contributed by atoms with Crippen LogP contribution in [0.15, 0.2) is 6.20 Å². The first-order valence-corrected chi connectivity index (χ1v) is 5.50. The third-order valence-corrected chi connectivity index (χ3v) is 3.36. The molecule has 0 amide bonds. The molecular formula is C12H16ClNO. The molecule has 0 aromatic carbocycles. The Morgan fingerprint density at radius 3 is 2.40 bits per heavy atom. The summed E-state index contributed by atoms with van der Waals surface area (Å²) in [5.41, 5.74) is 2.30. The van der Waals surface area contributed by atoms with Gasteiger partial charge in [0.1, 0.15) is 5.60 Å². The van der Waals surface area contributed by atoms with Crippen LogP contribution in [0.1, 0.15) is 44.5 Å². The molecule has 15 heavy (non-hydrogen) atoms. The van der Waals surface area contributed by atoms with E-state index in [2.05, 4.69) is 4.98 Å². The van der Waals surface area contributed by atoms with Crippen LogP contribution in [0.3, 0.4) is 0 Å². The predicted molar refractivity (Wildman–Crippen MR) is 61.1 cm³/mol. The molecule has 1 aliphatic rings. The maximum Gasteiger partial charge on any atom is 0.106 e. The minimum atomic E-state index is -0.352. The van der Waals surface area contributed by atoms with Crippen molar-refractivity contribution in [3.05, 3.63) is 28.0 Å². The highest BCUT2D eigenvalue weighted by molar-refractivity contribution is 6.32. The van der Waals surface area contributed by atoms with E-state index in [0.29, 0.717) is 0 Å². The Morgan fingerprint density at radius 2 is 1.80 bits per heavy atom. The average molecular weight is 226 g/mol. The lowest BCUT2D eigenvalue weighted by molar-refractivity contribution is -0.106. The number of halogens is 1. The van der Waals surface area contributed by atoms with Crippen molar-refractivity contribution in [1.82, 2.24) is 4.98 Å². The van der Waals surface area contributed by atoms with E-state index >= 15 is 0 Å². The Bertz CT molecular complexity index is 424. The van der Waals surface area contributed by atoms with Gasteiger partial charge in [-0.15, -0.1) is 0 Å². The third-order valence-electron chi connectivity index (χ3n) is 2.87. The summed E-state index contributed by atoms with van der Waals surface area (Å²) in [6.45, 7) is 10.1. The Balaban J connectivity index is 2.76. The second kappa shape index (κ2) is 2.96. The summed E-state index contributed by atoms with van der Waals surface area (Å²) in [5, 5.41) is 0.788. The van der Waals surface area contributed by atoms with Gasteiger partial charge in [0, 0.05) is 11.8 Å². The Kier molecular flexibility index (Phi) is 2.15. The molecule has 3 heteroatoms. The number of aromatic nitrogens is 1. The van der Waals surface area contributed by atoms with Crippen molar-refractivity contribution in [3.8, 4) is 0 Å². The molecule has 2 nitrogen and oxygen atoms in total. The second-order valence-electron chi connectivity index (χ2n) is 5.10. The molecule has 0 N–H and O–H groups in total. The lowest BCUT2D eigenvalue weighted by atomic mass is 9.94. The highest BCUT2D eigenvalue weighted by Crippen LogP contribution is 2.48. The van der Waals surface area contributed by atoms with Gasteiger partial charge in [0.25, 0.3) is 0 Å². The average Bonchev–Trinajstić information content (AvgIpc) is 2.24. The summed E-state index contributed by atoms with van der Waals surface area (Å²) >= 11 is 6.33. The van der Waals surface area contributed by atoms with Gasteiger partial charge in [-0.3, -0.25) is 4.98 Å². The van der Waals surface area contributed by atoms with Gasteiger partial charge in [0.15, 0.2) is 0 Å². The maximum atomic E-state index is 6.33. The molecule has 82 valence electrons. The van der Waals surface area contributed by atoms with Gasteiger partial charge in [-0.05, 0) is 40.2 Å². The van der Waals surface area contributed by atoms with Crippen molar-refractivity contribution in [3.63, 3.8) is 0 Å². The standard InChI is InChI=1S/C12H16ClNO/c1-7-6-14-10-8(9(7)13)11(2,3)15-12(10,4)5/h6H,1-5H3. The number of aryl methyl sites for hydroxylation is 1. The number of rotatable bonds is 0. The molecule has 0 aliphatic carbocycles. The highest BCUT2D eigenvalue weighted by atomic mass is 35.5. The molecule has 0 saturated carbocycles. The summed E-state index contributed by atoms with van der Waals surface area (Å²) in [6, 6.07) is 0. The van der Waals surface area contributed by atoms with E-state index in [4.69, 9.17) is 16.3 Å². The molecular weight excluding hydrogens is 210 g/mol. The Hall–Kier alpha value is -0.600. The normalized spacial score (nSPS) is 21.5. The van der Waals surface area contributed by atoms with Gasteiger partial charge in [-0.25, -0.2) is 0 Å². The molecule has 0 unspecified atom stereocenters. The first-order chi connectivity index (χ1) is 6.76. The molecule has 0 saturated heterocycles. The van der Waals surface area contributed by atoms with Crippen molar-refractivity contribution in [2.45, 2.75) is 45.8 Å². The van der Waals surface area contributed by atoms with Gasteiger partial charge in [-0.1, -0.05) is 11.6 Å².